The van der Waals surface area contributed by atoms with E-state index < -0.39 is 0 Å². The van der Waals surface area contributed by atoms with Gasteiger partial charge in [0.05, 0.1) is 11.7 Å². The highest BCUT2D eigenvalue weighted by molar-refractivity contribution is 7.11. The molecule has 104 valence electrons. The molecular formula is C14H21N3OS. The van der Waals surface area contributed by atoms with E-state index in [1.54, 1.807) is 11.7 Å². The molecule has 1 saturated carbocycles. The van der Waals surface area contributed by atoms with Crippen molar-refractivity contribution in [1.29, 1.82) is 0 Å². The lowest BCUT2D eigenvalue weighted by atomic mass is 9.75. The molecule has 2 fully saturated rings. The molecule has 1 atom stereocenters. The average molecular weight is 279 g/mol. The Morgan fingerprint density at radius 2 is 2.26 bits per heavy atom. The summed E-state index contributed by atoms with van der Waals surface area (Å²) in [7, 11) is 0. The molecule has 2 N–H and O–H groups in total. The Labute approximate surface area is 118 Å². The van der Waals surface area contributed by atoms with Gasteiger partial charge >= 0.3 is 0 Å². The highest BCUT2D eigenvalue weighted by Crippen LogP contribution is 2.34. The van der Waals surface area contributed by atoms with Crippen LogP contribution < -0.4 is 10.6 Å². The Balaban J connectivity index is 1.60. The molecule has 1 aromatic heterocycles. The smallest absolute Gasteiger partial charge is 0.263 e. The Morgan fingerprint density at radius 3 is 3.00 bits per heavy atom. The number of thiazole rings is 1. The minimum atomic E-state index is 0.0420. The van der Waals surface area contributed by atoms with Gasteiger partial charge in [0.25, 0.3) is 5.91 Å². The van der Waals surface area contributed by atoms with Crippen LogP contribution in [0.15, 0.2) is 11.7 Å². The normalized spacial score (nSPS) is 26.2. The van der Waals surface area contributed by atoms with Crippen molar-refractivity contribution in [2.75, 3.05) is 6.54 Å². The molecule has 4 nitrogen and oxygen atoms in total. The number of rotatable bonds is 2. The van der Waals surface area contributed by atoms with Gasteiger partial charge in [-0.25, -0.2) is 0 Å². The van der Waals surface area contributed by atoms with Crippen molar-refractivity contribution in [2.45, 2.75) is 56.5 Å². The van der Waals surface area contributed by atoms with Gasteiger partial charge in [0.1, 0.15) is 4.88 Å². The molecule has 2 aliphatic rings. The third-order valence-electron chi connectivity index (χ3n) is 4.43. The maximum atomic E-state index is 12.1. The van der Waals surface area contributed by atoms with E-state index in [4.69, 9.17) is 0 Å². The van der Waals surface area contributed by atoms with Crippen molar-refractivity contribution in [3.63, 3.8) is 0 Å². The fourth-order valence-corrected chi connectivity index (χ4v) is 4.00. The monoisotopic (exact) mass is 279 g/mol. The molecule has 2 heterocycles. The molecule has 1 saturated heterocycles. The molecule has 1 aliphatic heterocycles. The van der Waals surface area contributed by atoms with Crippen LogP contribution in [-0.2, 0) is 0 Å². The third kappa shape index (κ3) is 2.98. The zero-order chi connectivity index (χ0) is 13.1. The fraction of sp³-hybridized carbons (Fsp3) is 0.714. The maximum Gasteiger partial charge on any atom is 0.263 e. The van der Waals surface area contributed by atoms with Crippen molar-refractivity contribution in [3.8, 4) is 0 Å². The lowest BCUT2D eigenvalue weighted by molar-refractivity contribution is 0.0896. The maximum absolute atomic E-state index is 12.1. The van der Waals surface area contributed by atoms with E-state index in [-0.39, 0.29) is 5.91 Å². The van der Waals surface area contributed by atoms with Gasteiger partial charge in [-0.15, -0.1) is 11.3 Å². The summed E-state index contributed by atoms with van der Waals surface area (Å²) < 4.78 is 0. The Bertz CT molecular complexity index is 420. The van der Waals surface area contributed by atoms with Gasteiger partial charge in [0.2, 0.25) is 0 Å². The zero-order valence-electron chi connectivity index (χ0n) is 11.2. The highest BCUT2D eigenvalue weighted by Gasteiger charge is 2.37. The molecule has 1 aromatic rings. The van der Waals surface area contributed by atoms with E-state index in [9.17, 15) is 4.79 Å². The quantitative estimate of drug-likeness (QED) is 0.873. The minimum Gasteiger partial charge on any atom is -0.348 e. The molecule has 0 radical (unpaired) electrons. The Kier molecular flexibility index (Phi) is 3.84. The lowest BCUT2D eigenvalue weighted by Gasteiger charge is -2.44. The third-order valence-corrected chi connectivity index (χ3v) is 5.20. The molecule has 5 heteroatoms. The van der Waals surface area contributed by atoms with Gasteiger partial charge in [0.15, 0.2) is 0 Å². The molecule has 1 spiro atoms. The van der Waals surface area contributed by atoms with E-state index in [0.29, 0.717) is 11.6 Å². The van der Waals surface area contributed by atoms with E-state index in [2.05, 4.69) is 15.6 Å². The molecule has 19 heavy (non-hydrogen) atoms. The van der Waals surface area contributed by atoms with Crippen LogP contribution in [0.3, 0.4) is 0 Å². The summed E-state index contributed by atoms with van der Waals surface area (Å²) in [5, 5.41) is 6.90. The summed E-state index contributed by atoms with van der Waals surface area (Å²) >= 11 is 1.41. The second kappa shape index (κ2) is 5.59. The number of aromatic nitrogens is 1. The van der Waals surface area contributed by atoms with Crippen molar-refractivity contribution in [2.24, 2.45) is 0 Å². The first-order valence-electron chi connectivity index (χ1n) is 7.22. The first-order valence-corrected chi connectivity index (χ1v) is 8.10. The summed E-state index contributed by atoms with van der Waals surface area (Å²) in [6, 6.07) is 0.314. The van der Waals surface area contributed by atoms with Crippen molar-refractivity contribution >= 4 is 17.2 Å². The SMILES string of the molecule is O=C(NC1CCNC2(CCCCC2)C1)c1cncs1. The van der Waals surface area contributed by atoms with Crippen molar-refractivity contribution < 1.29 is 4.79 Å². The number of nitrogens with zero attached hydrogens (tertiary/aromatic N) is 1. The van der Waals surface area contributed by atoms with Crippen LogP contribution in [0, 0.1) is 0 Å². The van der Waals surface area contributed by atoms with Gasteiger partial charge in [-0.1, -0.05) is 19.3 Å². The van der Waals surface area contributed by atoms with Gasteiger partial charge in [-0.3, -0.25) is 9.78 Å². The number of carbonyl (C=O) groups is 1. The molecule has 0 bridgehead atoms. The van der Waals surface area contributed by atoms with Crippen LogP contribution in [0.1, 0.15) is 54.6 Å². The number of amides is 1. The van der Waals surface area contributed by atoms with Gasteiger partial charge < -0.3 is 10.6 Å². The van der Waals surface area contributed by atoms with Crippen LogP contribution >= 0.6 is 11.3 Å². The first kappa shape index (κ1) is 13.1. The van der Waals surface area contributed by atoms with Crippen LogP contribution in [-0.4, -0.2) is 29.0 Å². The summed E-state index contributed by atoms with van der Waals surface area (Å²) in [6.07, 6.45) is 10.3. The Hall–Kier alpha value is -0.940. The number of hydrogen-bond acceptors (Lipinski definition) is 4. The summed E-state index contributed by atoms with van der Waals surface area (Å²) in [5.41, 5.74) is 2.00. The topological polar surface area (TPSA) is 54.0 Å². The van der Waals surface area contributed by atoms with Crippen molar-refractivity contribution in [1.82, 2.24) is 15.6 Å². The molecule has 1 unspecified atom stereocenters. The summed E-state index contributed by atoms with van der Waals surface area (Å²) in [4.78, 5) is 16.8. The summed E-state index contributed by atoms with van der Waals surface area (Å²) in [6.45, 7) is 1.02. The van der Waals surface area contributed by atoms with Crippen LogP contribution in [0.25, 0.3) is 0 Å². The molecule has 1 aliphatic carbocycles. The minimum absolute atomic E-state index is 0.0420. The van der Waals surface area contributed by atoms with Gasteiger partial charge in [-0.05, 0) is 32.2 Å². The second-order valence-electron chi connectivity index (χ2n) is 5.80. The molecule has 3 rings (SSSR count). The zero-order valence-corrected chi connectivity index (χ0v) is 12.0. The molecule has 0 aromatic carbocycles. The molecular weight excluding hydrogens is 258 g/mol. The predicted molar refractivity (Wildman–Crippen MR) is 76.4 cm³/mol. The van der Waals surface area contributed by atoms with E-state index in [0.717, 1.165) is 24.3 Å². The number of carbonyl (C=O) groups excluding carboxylic acids is 1. The predicted octanol–water partition coefficient (Wildman–Crippen LogP) is 2.33. The number of nitrogens with one attached hydrogen (secondary N) is 2. The molecule has 1 amide bonds. The summed E-state index contributed by atoms with van der Waals surface area (Å²) in [5.74, 6) is 0.0420. The first-order chi connectivity index (χ1) is 9.27. The number of hydrogen-bond donors (Lipinski definition) is 2. The largest absolute Gasteiger partial charge is 0.348 e. The van der Waals surface area contributed by atoms with E-state index in [1.165, 1.54) is 43.4 Å². The van der Waals surface area contributed by atoms with Crippen LogP contribution in [0.4, 0.5) is 0 Å². The number of piperidine rings is 1. The fourth-order valence-electron chi connectivity index (χ4n) is 3.47. The lowest BCUT2D eigenvalue weighted by Crippen LogP contribution is -2.57. The van der Waals surface area contributed by atoms with Crippen LogP contribution in [0.5, 0.6) is 0 Å². The highest BCUT2D eigenvalue weighted by atomic mass is 32.1. The Morgan fingerprint density at radius 1 is 1.42 bits per heavy atom. The van der Waals surface area contributed by atoms with E-state index >= 15 is 0 Å². The van der Waals surface area contributed by atoms with Crippen molar-refractivity contribution in [3.05, 3.63) is 16.6 Å². The van der Waals surface area contributed by atoms with E-state index in [1.807, 2.05) is 0 Å². The standard InChI is InChI=1S/C14H21N3OS/c18-13(12-9-15-10-19-12)17-11-4-7-16-14(8-11)5-2-1-3-6-14/h9-11,16H,1-8H2,(H,17,18). The van der Waals surface area contributed by atoms with Crippen LogP contribution in [0.2, 0.25) is 0 Å². The average Bonchev–Trinajstić information content (AvgIpc) is 2.93. The van der Waals surface area contributed by atoms with Gasteiger partial charge in [-0.2, -0.15) is 0 Å². The van der Waals surface area contributed by atoms with Gasteiger partial charge in [0, 0.05) is 11.6 Å². The second-order valence-corrected chi connectivity index (χ2v) is 6.68.